The monoisotopic (exact) mass is 298 g/mol. The lowest BCUT2D eigenvalue weighted by molar-refractivity contribution is -0.142. The number of benzene rings is 1. The molecule has 1 aliphatic rings. The van der Waals surface area contributed by atoms with Crippen LogP contribution in [0.25, 0.3) is 0 Å². The van der Waals surface area contributed by atoms with E-state index in [9.17, 15) is 13.6 Å². The predicted molar refractivity (Wildman–Crippen MR) is 74.4 cm³/mol. The first-order chi connectivity index (χ1) is 9.88. The number of halogens is 2. The van der Waals surface area contributed by atoms with Gasteiger partial charge >= 0.3 is 0 Å². The lowest BCUT2D eigenvalue weighted by atomic mass is 9.84. The zero-order chi connectivity index (χ0) is 15.6. The van der Waals surface area contributed by atoms with E-state index < -0.39 is 17.0 Å². The third kappa shape index (κ3) is 3.06. The van der Waals surface area contributed by atoms with Crippen molar-refractivity contribution < 1.29 is 18.3 Å². The first-order valence-corrected chi connectivity index (χ1v) is 6.95. The predicted octanol–water partition coefficient (Wildman–Crippen LogP) is 1.68. The number of hydrogen-bond acceptors (Lipinski definition) is 3. The third-order valence-corrected chi connectivity index (χ3v) is 4.03. The summed E-state index contributed by atoms with van der Waals surface area (Å²) in [5.74, 6) is -1.94. The van der Waals surface area contributed by atoms with Gasteiger partial charge in [0.1, 0.15) is 0 Å². The maximum atomic E-state index is 13.3. The minimum absolute atomic E-state index is 0.125. The largest absolute Gasteiger partial charge is 0.379 e. The van der Waals surface area contributed by atoms with Crippen molar-refractivity contribution in [1.82, 2.24) is 4.90 Å². The molecule has 0 spiro atoms. The van der Waals surface area contributed by atoms with E-state index in [1.807, 2.05) is 6.92 Å². The van der Waals surface area contributed by atoms with Crippen LogP contribution in [0.5, 0.6) is 0 Å². The minimum Gasteiger partial charge on any atom is -0.379 e. The van der Waals surface area contributed by atoms with Gasteiger partial charge in [0.2, 0.25) is 5.91 Å². The molecule has 6 heteroatoms. The molecule has 116 valence electrons. The van der Waals surface area contributed by atoms with E-state index in [1.165, 1.54) is 6.07 Å². The molecule has 2 atom stereocenters. The first kappa shape index (κ1) is 15.9. The molecule has 2 N–H and O–H groups in total. The first-order valence-electron chi connectivity index (χ1n) is 6.95. The lowest BCUT2D eigenvalue weighted by Crippen LogP contribution is -2.51. The fraction of sp³-hybridized carbons (Fsp3) is 0.533. The van der Waals surface area contributed by atoms with Gasteiger partial charge in [-0.15, -0.1) is 0 Å². The fourth-order valence-electron chi connectivity index (χ4n) is 2.46. The summed E-state index contributed by atoms with van der Waals surface area (Å²) in [6, 6.07) is 3.29. The molecule has 2 unspecified atom stereocenters. The molecule has 1 amide bonds. The van der Waals surface area contributed by atoms with Crippen molar-refractivity contribution >= 4 is 5.91 Å². The highest BCUT2D eigenvalue weighted by Crippen LogP contribution is 2.30. The number of rotatable bonds is 4. The molecule has 1 fully saturated rings. The number of nitrogens with zero attached hydrogens (tertiary/aromatic N) is 1. The Bertz CT molecular complexity index is 538. The normalized spacial score (nSPS) is 25.1. The summed E-state index contributed by atoms with van der Waals surface area (Å²) in [6.45, 7) is 4.92. The molecule has 1 aliphatic heterocycles. The summed E-state index contributed by atoms with van der Waals surface area (Å²) in [5.41, 5.74) is 5.73. The third-order valence-electron chi connectivity index (χ3n) is 4.03. The maximum absolute atomic E-state index is 13.3. The molecule has 0 radical (unpaired) electrons. The Morgan fingerprint density at radius 1 is 1.48 bits per heavy atom. The molecule has 0 saturated carbocycles. The number of ether oxygens (including phenoxy) is 1. The number of carbonyl (C=O) groups is 1. The number of amides is 1. The van der Waals surface area contributed by atoms with Gasteiger partial charge in [0.15, 0.2) is 11.6 Å². The highest BCUT2D eigenvalue weighted by atomic mass is 19.2. The Labute approximate surface area is 122 Å². The molecule has 0 bridgehead atoms. The Balaban J connectivity index is 2.16. The van der Waals surface area contributed by atoms with Crippen LogP contribution in [-0.4, -0.2) is 36.6 Å². The summed E-state index contributed by atoms with van der Waals surface area (Å²) in [4.78, 5) is 14.2. The van der Waals surface area contributed by atoms with E-state index in [0.29, 0.717) is 18.7 Å². The molecule has 1 aromatic carbocycles. The zero-order valence-corrected chi connectivity index (χ0v) is 12.2. The molecule has 0 aliphatic carbocycles. The molecule has 1 aromatic rings. The van der Waals surface area contributed by atoms with Crippen molar-refractivity contribution in [2.24, 2.45) is 11.1 Å². The van der Waals surface area contributed by atoms with Gasteiger partial charge in [-0.2, -0.15) is 0 Å². The molecular weight excluding hydrogens is 278 g/mol. The van der Waals surface area contributed by atoms with Gasteiger partial charge in [0.25, 0.3) is 0 Å². The highest BCUT2D eigenvalue weighted by molar-refractivity contribution is 5.83. The Morgan fingerprint density at radius 3 is 2.71 bits per heavy atom. The molecule has 1 heterocycles. The topological polar surface area (TPSA) is 55.6 Å². The van der Waals surface area contributed by atoms with Crippen LogP contribution in [0.2, 0.25) is 0 Å². The van der Waals surface area contributed by atoms with Gasteiger partial charge in [0, 0.05) is 19.1 Å². The second kappa shape index (κ2) is 6.07. The van der Waals surface area contributed by atoms with Gasteiger partial charge in [-0.3, -0.25) is 4.79 Å². The van der Waals surface area contributed by atoms with E-state index in [0.717, 1.165) is 12.1 Å². The maximum Gasteiger partial charge on any atom is 0.232 e. The standard InChI is InChI=1S/C15H20F2N2O2/c1-3-19(7-10-4-5-11(16)12(17)6-10)14(20)15(2)9-21-8-13(15)18/h4-6,13H,3,7-9,18H2,1-2H3. The van der Waals surface area contributed by atoms with Crippen molar-refractivity contribution in [3.05, 3.63) is 35.4 Å². The van der Waals surface area contributed by atoms with Gasteiger partial charge in [-0.05, 0) is 31.5 Å². The number of carbonyl (C=O) groups excluding carboxylic acids is 1. The molecule has 21 heavy (non-hydrogen) atoms. The van der Waals surface area contributed by atoms with E-state index in [1.54, 1.807) is 11.8 Å². The highest BCUT2D eigenvalue weighted by Gasteiger charge is 2.46. The van der Waals surface area contributed by atoms with E-state index >= 15 is 0 Å². The van der Waals surface area contributed by atoms with Crippen LogP contribution in [0, 0.1) is 17.0 Å². The summed E-state index contributed by atoms with van der Waals surface area (Å²) >= 11 is 0. The Morgan fingerprint density at radius 2 is 2.19 bits per heavy atom. The van der Waals surface area contributed by atoms with Gasteiger partial charge < -0.3 is 15.4 Å². The summed E-state index contributed by atoms with van der Waals surface area (Å²) in [7, 11) is 0. The quantitative estimate of drug-likeness (QED) is 0.920. The molecule has 0 aromatic heterocycles. The van der Waals surface area contributed by atoms with Crippen LogP contribution >= 0.6 is 0 Å². The Hall–Kier alpha value is -1.53. The van der Waals surface area contributed by atoms with Crippen molar-refractivity contribution in [3.63, 3.8) is 0 Å². The van der Waals surface area contributed by atoms with Crippen molar-refractivity contribution in [1.29, 1.82) is 0 Å². The van der Waals surface area contributed by atoms with Crippen LogP contribution in [0.1, 0.15) is 19.4 Å². The number of nitrogens with two attached hydrogens (primary N) is 1. The van der Waals surface area contributed by atoms with Crippen LogP contribution in [0.15, 0.2) is 18.2 Å². The lowest BCUT2D eigenvalue weighted by Gasteiger charge is -2.32. The Kier molecular flexibility index (Phi) is 4.58. The SMILES string of the molecule is CCN(Cc1ccc(F)c(F)c1)C(=O)C1(C)COCC1N. The second-order valence-corrected chi connectivity index (χ2v) is 5.61. The van der Waals surface area contributed by atoms with Crippen LogP contribution < -0.4 is 5.73 Å². The van der Waals surface area contributed by atoms with Crippen LogP contribution in [-0.2, 0) is 16.1 Å². The fourth-order valence-corrected chi connectivity index (χ4v) is 2.46. The van der Waals surface area contributed by atoms with Gasteiger partial charge in [0.05, 0.1) is 18.6 Å². The van der Waals surface area contributed by atoms with Crippen molar-refractivity contribution in [2.45, 2.75) is 26.4 Å². The average Bonchev–Trinajstić information content (AvgIpc) is 2.80. The number of hydrogen-bond donors (Lipinski definition) is 1. The van der Waals surface area contributed by atoms with Crippen LogP contribution in [0.4, 0.5) is 8.78 Å². The van der Waals surface area contributed by atoms with Crippen molar-refractivity contribution in [2.75, 3.05) is 19.8 Å². The summed E-state index contributed by atoms with van der Waals surface area (Å²) in [6.07, 6.45) is 0. The van der Waals surface area contributed by atoms with E-state index in [-0.39, 0.29) is 25.1 Å². The molecule has 2 rings (SSSR count). The minimum atomic E-state index is -0.914. The smallest absolute Gasteiger partial charge is 0.232 e. The molecule has 1 saturated heterocycles. The summed E-state index contributed by atoms with van der Waals surface area (Å²) < 4.78 is 31.5. The van der Waals surface area contributed by atoms with Crippen LogP contribution in [0.3, 0.4) is 0 Å². The molecule has 4 nitrogen and oxygen atoms in total. The average molecular weight is 298 g/mol. The summed E-state index contributed by atoms with van der Waals surface area (Å²) in [5, 5.41) is 0. The van der Waals surface area contributed by atoms with E-state index in [2.05, 4.69) is 0 Å². The van der Waals surface area contributed by atoms with Gasteiger partial charge in [-0.1, -0.05) is 6.07 Å². The van der Waals surface area contributed by atoms with Gasteiger partial charge in [-0.25, -0.2) is 8.78 Å². The zero-order valence-electron chi connectivity index (χ0n) is 12.2. The second-order valence-electron chi connectivity index (χ2n) is 5.61. The van der Waals surface area contributed by atoms with Crippen molar-refractivity contribution in [3.8, 4) is 0 Å². The van der Waals surface area contributed by atoms with E-state index in [4.69, 9.17) is 10.5 Å². The molecular formula is C15H20F2N2O2.